The summed E-state index contributed by atoms with van der Waals surface area (Å²) in [4.78, 5) is 0.601. The van der Waals surface area contributed by atoms with Crippen LogP contribution >= 0.6 is 0 Å². The highest BCUT2D eigenvalue weighted by Crippen LogP contribution is 2.16. The van der Waals surface area contributed by atoms with Crippen molar-refractivity contribution in [1.29, 1.82) is 0 Å². The quantitative estimate of drug-likeness (QED) is 0.933. The molecule has 4 heteroatoms. The molecular weight excluding hydrogens is 261 g/mol. The fourth-order valence-electron chi connectivity index (χ4n) is 1.76. The minimum absolute atomic E-state index is 0.286. The number of rotatable bonds is 4. The van der Waals surface area contributed by atoms with Crippen LogP contribution < -0.4 is 5.73 Å². The molecule has 2 nitrogen and oxygen atoms in total. The molecule has 2 N–H and O–H groups in total. The van der Waals surface area contributed by atoms with Gasteiger partial charge in [0.1, 0.15) is 5.82 Å². The van der Waals surface area contributed by atoms with Crippen molar-refractivity contribution in [3.05, 3.63) is 65.5 Å². The van der Waals surface area contributed by atoms with Crippen molar-refractivity contribution >= 4 is 10.8 Å². The summed E-state index contributed by atoms with van der Waals surface area (Å²) >= 11 is 0. The molecule has 0 spiro atoms. The molecular formula is C15H16FNOS. The van der Waals surface area contributed by atoms with Crippen molar-refractivity contribution < 1.29 is 8.60 Å². The number of benzene rings is 2. The molecule has 2 unspecified atom stereocenters. The van der Waals surface area contributed by atoms with Crippen LogP contribution in [0, 0.1) is 12.7 Å². The minimum atomic E-state index is -1.22. The first-order valence-corrected chi connectivity index (χ1v) is 7.34. The summed E-state index contributed by atoms with van der Waals surface area (Å²) < 4.78 is 24.9. The van der Waals surface area contributed by atoms with Crippen molar-refractivity contribution in [2.45, 2.75) is 17.9 Å². The molecule has 0 saturated heterocycles. The van der Waals surface area contributed by atoms with E-state index in [0.29, 0.717) is 10.6 Å². The predicted octanol–water partition coefficient (Wildman–Crippen LogP) is 2.94. The number of halogens is 1. The minimum Gasteiger partial charge on any atom is -0.323 e. The summed E-state index contributed by atoms with van der Waals surface area (Å²) in [5, 5.41) is 0. The second kappa shape index (κ2) is 6.08. The van der Waals surface area contributed by atoms with E-state index in [1.165, 1.54) is 24.3 Å². The summed E-state index contributed by atoms with van der Waals surface area (Å²) in [5.74, 6) is -0.00195. The van der Waals surface area contributed by atoms with Crippen molar-refractivity contribution in [2.75, 3.05) is 5.75 Å². The molecule has 0 amide bonds. The molecule has 0 aromatic heterocycles. The second-order valence-corrected chi connectivity index (χ2v) is 5.98. The molecule has 19 heavy (non-hydrogen) atoms. The third-order valence-corrected chi connectivity index (χ3v) is 4.37. The Morgan fingerprint density at radius 3 is 2.26 bits per heavy atom. The second-order valence-electron chi connectivity index (χ2n) is 4.48. The van der Waals surface area contributed by atoms with Gasteiger partial charge in [-0.2, -0.15) is 0 Å². The SMILES string of the molecule is Cc1ccc(C(N)CS(=O)c2ccc(F)cc2)cc1. The third kappa shape index (κ3) is 3.72. The van der Waals surface area contributed by atoms with Crippen LogP contribution in [0.25, 0.3) is 0 Å². The van der Waals surface area contributed by atoms with Crippen LogP contribution in [0.5, 0.6) is 0 Å². The monoisotopic (exact) mass is 277 g/mol. The van der Waals surface area contributed by atoms with Crippen LogP contribution in [0.3, 0.4) is 0 Å². The van der Waals surface area contributed by atoms with E-state index in [2.05, 4.69) is 0 Å². The maximum absolute atomic E-state index is 12.8. The van der Waals surface area contributed by atoms with Gasteiger partial charge in [0, 0.05) is 16.7 Å². The number of hydrogen-bond donors (Lipinski definition) is 1. The van der Waals surface area contributed by atoms with Crippen molar-refractivity contribution in [1.82, 2.24) is 0 Å². The predicted molar refractivity (Wildman–Crippen MR) is 75.8 cm³/mol. The molecule has 0 aliphatic heterocycles. The Balaban J connectivity index is 2.06. The standard InChI is InChI=1S/C15H16FNOS/c1-11-2-4-12(5-3-11)15(17)10-19(18)14-8-6-13(16)7-9-14/h2-9,15H,10,17H2,1H3. The Morgan fingerprint density at radius 1 is 1.11 bits per heavy atom. The van der Waals surface area contributed by atoms with Gasteiger partial charge in [0.2, 0.25) is 0 Å². The van der Waals surface area contributed by atoms with Gasteiger partial charge in [0.05, 0.1) is 10.8 Å². The van der Waals surface area contributed by atoms with E-state index < -0.39 is 10.8 Å². The highest BCUT2D eigenvalue weighted by atomic mass is 32.2. The number of hydrogen-bond acceptors (Lipinski definition) is 2. The van der Waals surface area contributed by atoms with Crippen LogP contribution in [-0.4, -0.2) is 9.96 Å². The van der Waals surface area contributed by atoms with E-state index in [1.807, 2.05) is 31.2 Å². The average Bonchev–Trinajstić information content (AvgIpc) is 2.40. The van der Waals surface area contributed by atoms with E-state index >= 15 is 0 Å². The fraction of sp³-hybridized carbons (Fsp3) is 0.200. The lowest BCUT2D eigenvalue weighted by atomic mass is 10.1. The van der Waals surface area contributed by atoms with Gasteiger partial charge < -0.3 is 5.73 Å². The largest absolute Gasteiger partial charge is 0.323 e. The van der Waals surface area contributed by atoms with E-state index in [9.17, 15) is 8.60 Å². The molecule has 0 heterocycles. The molecule has 0 aliphatic rings. The maximum Gasteiger partial charge on any atom is 0.123 e. The molecule has 2 atom stereocenters. The number of nitrogens with two attached hydrogens (primary N) is 1. The fourth-order valence-corrected chi connectivity index (χ4v) is 2.91. The van der Waals surface area contributed by atoms with Crippen LogP contribution in [0.15, 0.2) is 53.4 Å². The van der Waals surface area contributed by atoms with Gasteiger partial charge in [-0.1, -0.05) is 29.8 Å². The zero-order chi connectivity index (χ0) is 13.8. The molecule has 0 aliphatic carbocycles. The molecule has 2 aromatic carbocycles. The lowest BCUT2D eigenvalue weighted by molar-refractivity contribution is 0.626. The van der Waals surface area contributed by atoms with E-state index in [0.717, 1.165) is 11.1 Å². The molecule has 0 saturated carbocycles. The van der Waals surface area contributed by atoms with Crippen molar-refractivity contribution in [2.24, 2.45) is 5.73 Å². The smallest absolute Gasteiger partial charge is 0.123 e. The molecule has 0 radical (unpaired) electrons. The Hall–Kier alpha value is -1.52. The summed E-state index contributed by atoms with van der Waals surface area (Å²) in [6.07, 6.45) is 0. The van der Waals surface area contributed by atoms with Crippen LogP contribution in [0.4, 0.5) is 4.39 Å². The van der Waals surface area contributed by atoms with Gasteiger partial charge in [-0.05, 0) is 36.8 Å². The van der Waals surface area contributed by atoms with Crippen LogP contribution in [0.2, 0.25) is 0 Å². The van der Waals surface area contributed by atoms with Crippen LogP contribution in [0.1, 0.15) is 17.2 Å². The first kappa shape index (κ1) is 13.9. The zero-order valence-corrected chi connectivity index (χ0v) is 11.5. The maximum atomic E-state index is 12.8. The van der Waals surface area contributed by atoms with Crippen molar-refractivity contribution in [3.8, 4) is 0 Å². The Bertz CT molecular complexity index is 566. The van der Waals surface area contributed by atoms with Gasteiger partial charge in [-0.15, -0.1) is 0 Å². The highest BCUT2D eigenvalue weighted by molar-refractivity contribution is 7.85. The van der Waals surface area contributed by atoms with E-state index in [1.54, 1.807) is 0 Å². The highest BCUT2D eigenvalue weighted by Gasteiger charge is 2.12. The normalized spacial score (nSPS) is 14.1. The topological polar surface area (TPSA) is 43.1 Å². The molecule has 2 aromatic rings. The molecule has 100 valence electrons. The summed E-state index contributed by atoms with van der Waals surface area (Å²) in [6.45, 7) is 2.01. The number of aryl methyl sites for hydroxylation is 1. The summed E-state index contributed by atoms with van der Waals surface area (Å²) in [7, 11) is -1.22. The average molecular weight is 277 g/mol. The van der Waals surface area contributed by atoms with Crippen LogP contribution in [-0.2, 0) is 10.8 Å². The first-order chi connectivity index (χ1) is 9.06. The lowest BCUT2D eigenvalue weighted by Gasteiger charge is -2.12. The summed E-state index contributed by atoms with van der Waals surface area (Å²) in [5.41, 5.74) is 8.17. The molecule has 2 rings (SSSR count). The molecule has 0 fully saturated rings. The Morgan fingerprint density at radius 2 is 1.68 bits per heavy atom. The van der Waals surface area contributed by atoms with E-state index in [-0.39, 0.29) is 11.9 Å². The van der Waals surface area contributed by atoms with E-state index in [4.69, 9.17) is 5.73 Å². The first-order valence-electron chi connectivity index (χ1n) is 6.02. The van der Waals surface area contributed by atoms with Crippen molar-refractivity contribution in [3.63, 3.8) is 0 Å². The lowest BCUT2D eigenvalue weighted by Crippen LogP contribution is -2.18. The summed E-state index contributed by atoms with van der Waals surface area (Å²) in [6, 6.07) is 13.3. The van der Waals surface area contributed by atoms with Gasteiger partial charge >= 0.3 is 0 Å². The van der Waals surface area contributed by atoms with Gasteiger partial charge in [0.15, 0.2) is 0 Å². The molecule has 0 bridgehead atoms. The van der Waals surface area contributed by atoms with Gasteiger partial charge in [-0.3, -0.25) is 4.21 Å². The zero-order valence-electron chi connectivity index (χ0n) is 10.7. The van der Waals surface area contributed by atoms with Gasteiger partial charge in [-0.25, -0.2) is 4.39 Å². The Labute approximate surface area is 114 Å². The van der Waals surface area contributed by atoms with Gasteiger partial charge in [0.25, 0.3) is 0 Å². The Kier molecular flexibility index (Phi) is 4.45. The third-order valence-electron chi connectivity index (χ3n) is 2.91.